The lowest BCUT2D eigenvalue weighted by Gasteiger charge is -2.09. The van der Waals surface area contributed by atoms with Crippen LogP contribution in [0, 0.1) is 11.3 Å². The molecule has 5 heteroatoms. The second-order valence-corrected chi connectivity index (χ2v) is 4.37. The van der Waals surface area contributed by atoms with E-state index in [4.69, 9.17) is 5.26 Å². The highest BCUT2D eigenvalue weighted by Crippen LogP contribution is 2.15. The third kappa shape index (κ3) is 3.67. The van der Waals surface area contributed by atoms with Gasteiger partial charge in [0.05, 0.1) is 11.3 Å². The number of hydrogen-bond donors (Lipinski definition) is 2. The summed E-state index contributed by atoms with van der Waals surface area (Å²) < 4.78 is 0. The standard InChI is InChI=1S/C16H13N3O2/c1-11(20)12-6-8-14(9-7-12)18-16(21)19-15-5-3-2-4-13(15)10-17/h2-9H,1H3,(H2,18,19,21). The highest BCUT2D eigenvalue weighted by Gasteiger charge is 2.06. The van der Waals surface area contributed by atoms with E-state index in [0.717, 1.165) is 0 Å². The maximum Gasteiger partial charge on any atom is 0.323 e. The number of para-hydroxylation sites is 1. The fourth-order valence-corrected chi connectivity index (χ4v) is 1.76. The average Bonchev–Trinajstić information content (AvgIpc) is 2.48. The fraction of sp³-hybridized carbons (Fsp3) is 0.0625. The summed E-state index contributed by atoms with van der Waals surface area (Å²) in [5.74, 6) is -0.0334. The summed E-state index contributed by atoms with van der Waals surface area (Å²) in [4.78, 5) is 23.0. The topological polar surface area (TPSA) is 82.0 Å². The van der Waals surface area contributed by atoms with Crippen molar-refractivity contribution in [3.05, 3.63) is 59.7 Å². The van der Waals surface area contributed by atoms with Crippen LogP contribution < -0.4 is 10.6 Å². The molecule has 5 nitrogen and oxygen atoms in total. The van der Waals surface area contributed by atoms with E-state index in [1.807, 2.05) is 6.07 Å². The van der Waals surface area contributed by atoms with Gasteiger partial charge in [0.2, 0.25) is 0 Å². The molecule has 0 unspecified atom stereocenters. The predicted octanol–water partition coefficient (Wildman–Crippen LogP) is 3.40. The Morgan fingerprint density at radius 2 is 1.67 bits per heavy atom. The van der Waals surface area contributed by atoms with Crippen molar-refractivity contribution in [3.63, 3.8) is 0 Å². The number of nitrogens with zero attached hydrogens (tertiary/aromatic N) is 1. The van der Waals surface area contributed by atoms with Crippen LogP contribution in [0.2, 0.25) is 0 Å². The minimum absolute atomic E-state index is 0.0334. The first kappa shape index (κ1) is 14.3. The smallest absolute Gasteiger partial charge is 0.308 e. The van der Waals surface area contributed by atoms with E-state index in [9.17, 15) is 9.59 Å². The molecule has 2 amide bonds. The zero-order valence-corrected chi connectivity index (χ0v) is 11.4. The summed E-state index contributed by atoms with van der Waals surface area (Å²) in [6.45, 7) is 1.48. The fourth-order valence-electron chi connectivity index (χ4n) is 1.76. The van der Waals surface area contributed by atoms with Gasteiger partial charge in [-0.25, -0.2) is 4.79 Å². The maximum atomic E-state index is 11.9. The van der Waals surface area contributed by atoms with E-state index in [2.05, 4.69) is 10.6 Å². The SMILES string of the molecule is CC(=O)c1ccc(NC(=O)Nc2ccccc2C#N)cc1. The minimum Gasteiger partial charge on any atom is -0.308 e. The lowest BCUT2D eigenvalue weighted by Crippen LogP contribution is -2.20. The van der Waals surface area contributed by atoms with E-state index in [0.29, 0.717) is 22.5 Å². The van der Waals surface area contributed by atoms with Crippen LogP contribution in [0.3, 0.4) is 0 Å². The molecular weight excluding hydrogens is 266 g/mol. The quantitative estimate of drug-likeness (QED) is 0.845. The Hall–Kier alpha value is -3.13. The normalized spacial score (nSPS) is 9.52. The van der Waals surface area contributed by atoms with Crippen LogP contribution in [-0.4, -0.2) is 11.8 Å². The van der Waals surface area contributed by atoms with Gasteiger partial charge in [-0.05, 0) is 43.3 Å². The summed E-state index contributed by atoms with van der Waals surface area (Å²) in [5.41, 5.74) is 1.97. The third-order valence-corrected chi connectivity index (χ3v) is 2.85. The molecule has 0 saturated carbocycles. The molecule has 104 valence electrons. The molecule has 2 N–H and O–H groups in total. The first-order valence-corrected chi connectivity index (χ1v) is 6.28. The molecule has 0 aliphatic carbocycles. The van der Waals surface area contributed by atoms with Crippen molar-refractivity contribution in [2.75, 3.05) is 10.6 Å². The van der Waals surface area contributed by atoms with Crippen LogP contribution in [-0.2, 0) is 0 Å². The number of nitrogens with one attached hydrogen (secondary N) is 2. The second-order valence-electron chi connectivity index (χ2n) is 4.37. The van der Waals surface area contributed by atoms with E-state index in [-0.39, 0.29) is 5.78 Å². The Morgan fingerprint density at radius 1 is 1.00 bits per heavy atom. The van der Waals surface area contributed by atoms with Gasteiger partial charge in [0.1, 0.15) is 6.07 Å². The molecule has 0 bridgehead atoms. The first-order chi connectivity index (χ1) is 10.1. The number of rotatable bonds is 3. The van der Waals surface area contributed by atoms with E-state index in [1.54, 1.807) is 48.5 Å². The number of hydrogen-bond acceptors (Lipinski definition) is 3. The molecule has 0 saturated heterocycles. The van der Waals surface area contributed by atoms with E-state index < -0.39 is 6.03 Å². The number of urea groups is 1. The zero-order valence-electron chi connectivity index (χ0n) is 11.4. The highest BCUT2D eigenvalue weighted by atomic mass is 16.2. The number of carbonyl (C=O) groups excluding carboxylic acids is 2. The van der Waals surface area contributed by atoms with Gasteiger partial charge in [0, 0.05) is 11.3 Å². The molecule has 0 heterocycles. The van der Waals surface area contributed by atoms with Gasteiger partial charge in [-0.3, -0.25) is 4.79 Å². The van der Waals surface area contributed by atoms with Crippen molar-refractivity contribution in [2.45, 2.75) is 6.92 Å². The Labute approximate surface area is 122 Å². The second kappa shape index (κ2) is 6.35. The number of Topliss-reactive ketones (excluding diaryl/α,β-unsaturated/α-hetero) is 1. The van der Waals surface area contributed by atoms with Crippen molar-refractivity contribution in [3.8, 4) is 6.07 Å². The van der Waals surface area contributed by atoms with Crippen molar-refractivity contribution in [1.29, 1.82) is 5.26 Å². The summed E-state index contributed by atoms with van der Waals surface area (Å²) >= 11 is 0. The molecule has 21 heavy (non-hydrogen) atoms. The van der Waals surface area contributed by atoms with Crippen molar-refractivity contribution < 1.29 is 9.59 Å². The van der Waals surface area contributed by atoms with Crippen LogP contribution in [0.5, 0.6) is 0 Å². The van der Waals surface area contributed by atoms with Crippen LogP contribution in [0.4, 0.5) is 16.2 Å². The Bertz CT molecular complexity index is 715. The summed E-state index contributed by atoms with van der Waals surface area (Å²) in [7, 11) is 0. The predicted molar refractivity (Wildman–Crippen MR) is 80.2 cm³/mol. The summed E-state index contributed by atoms with van der Waals surface area (Å²) in [6.07, 6.45) is 0. The maximum absolute atomic E-state index is 11.9. The van der Waals surface area contributed by atoms with Gasteiger partial charge in [0.25, 0.3) is 0 Å². The Kier molecular flexibility index (Phi) is 4.32. The highest BCUT2D eigenvalue weighted by molar-refractivity contribution is 6.01. The van der Waals surface area contributed by atoms with Crippen molar-refractivity contribution in [2.24, 2.45) is 0 Å². The van der Waals surface area contributed by atoms with Crippen LogP contribution in [0.15, 0.2) is 48.5 Å². The molecule has 0 radical (unpaired) electrons. The van der Waals surface area contributed by atoms with E-state index in [1.165, 1.54) is 6.92 Å². The van der Waals surface area contributed by atoms with E-state index >= 15 is 0 Å². The molecule has 2 aromatic rings. The summed E-state index contributed by atoms with van der Waals surface area (Å²) in [6, 6.07) is 14.9. The molecule has 0 aromatic heterocycles. The van der Waals surface area contributed by atoms with Crippen LogP contribution in [0.25, 0.3) is 0 Å². The molecular formula is C16H13N3O2. The van der Waals surface area contributed by atoms with Crippen molar-refractivity contribution in [1.82, 2.24) is 0 Å². The molecule has 0 atom stereocenters. The number of amides is 2. The Balaban J connectivity index is 2.05. The van der Waals surface area contributed by atoms with Crippen LogP contribution >= 0.6 is 0 Å². The van der Waals surface area contributed by atoms with Gasteiger partial charge in [-0.15, -0.1) is 0 Å². The van der Waals surface area contributed by atoms with Crippen molar-refractivity contribution >= 4 is 23.2 Å². The molecule has 0 aliphatic rings. The molecule has 0 spiro atoms. The molecule has 2 aromatic carbocycles. The number of benzene rings is 2. The van der Waals surface area contributed by atoms with Gasteiger partial charge in [-0.2, -0.15) is 5.26 Å². The van der Waals surface area contributed by atoms with Gasteiger partial charge >= 0.3 is 6.03 Å². The zero-order chi connectivity index (χ0) is 15.2. The largest absolute Gasteiger partial charge is 0.323 e. The average molecular weight is 279 g/mol. The number of carbonyl (C=O) groups is 2. The number of nitriles is 1. The van der Waals surface area contributed by atoms with Gasteiger partial charge in [0.15, 0.2) is 5.78 Å². The monoisotopic (exact) mass is 279 g/mol. The lowest BCUT2D eigenvalue weighted by atomic mass is 10.1. The minimum atomic E-state index is -0.451. The molecule has 0 aliphatic heterocycles. The lowest BCUT2D eigenvalue weighted by molar-refractivity contribution is 0.101. The molecule has 0 fully saturated rings. The number of ketones is 1. The van der Waals surface area contributed by atoms with Crippen LogP contribution in [0.1, 0.15) is 22.8 Å². The third-order valence-electron chi connectivity index (χ3n) is 2.85. The molecule has 2 rings (SSSR count). The van der Waals surface area contributed by atoms with Gasteiger partial charge < -0.3 is 10.6 Å². The Morgan fingerprint density at radius 3 is 2.29 bits per heavy atom. The summed E-state index contributed by atoms with van der Waals surface area (Å²) in [5, 5.41) is 14.2. The number of anilines is 2. The first-order valence-electron chi connectivity index (χ1n) is 6.28. The van der Waals surface area contributed by atoms with Gasteiger partial charge in [-0.1, -0.05) is 12.1 Å².